The lowest BCUT2D eigenvalue weighted by Crippen LogP contribution is -1.87. The number of hydrogen-bond donors (Lipinski definition) is 1. The van der Waals surface area contributed by atoms with Crippen molar-refractivity contribution in [3.8, 4) is 11.1 Å². The average Bonchev–Trinajstić information content (AvgIpc) is 2.66. The van der Waals surface area contributed by atoms with Gasteiger partial charge in [-0.05, 0) is 49.0 Å². The summed E-state index contributed by atoms with van der Waals surface area (Å²) in [6, 6.07) is 28.8. The van der Waals surface area contributed by atoms with Crippen LogP contribution in [0.5, 0.6) is 0 Å². The Hall–Kier alpha value is -2.51. The molecule has 0 unspecified atom stereocenters. The van der Waals surface area contributed by atoms with Gasteiger partial charge in [0.1, 0.15) is 0 Å². The standard InChI is InChI=1S/C23H16S/c24-14-15-4-6-16(7-5-15)20-12-10-19-9-8-17-2-1-3-18-11-13-21(20)23(19)22(17)18/h1-13,24H,14H2. The van der Waals surface area contributed by atoms with Crippen LogP contribution in [-0.4, -0.2) is 0 Å². The Labute approximate surface area is 146 Å². The van der Waals surface area contributed by atoms with E-state index in [0.29, 0.717) is 0 Å². The highest BCUT2D eigenvalue weighted by Gasteiger charge is 2.11. The molecular formula is C23H16S. The van der Waals surface area contributed by atoms with Crippen molar-refractivity contribution in [1.82, 2.24) is 0 Å². The van der Waals surface area contributed by atoms with Crippen LogP contribution < -0.4 is 0 Å². The van der Waals surface area contributed by atoms with E-state index in [1.807, 2.05) is 0 Å². The SMILES string of the molecule is SCc1ccc(-c2ccc3ccc4cccc5ccc2c3c45)cc1. The second-order valence-electron chi connectivity index (χ2n) is 6.32. The first kappa shape index (κ1) is 13.9. The normalized spacial score (nSPS) is 11.7. The Morgan fingerprint density at radius 1 is 0.583 bits per heavy atom. The first-order valence-electron chi connectivity index (χ1n) is 8.22. The van der Waals surface area contributed by atoms with Crippen LogP contribution >= 0.6 is 12.6 Å². The summed E-state index contributed by atoms with van der Waals surface area (Å²) in [4.78, 5) is 0. The molecule has 24 heavy (non-hydrogen) atoms. The lowest BCUT2D eigenvalue weighted by atomic mass is 9.90. The number of benzene rings is 5. The van der Waals surface area contributed by atoms with Crippen molar-refractivity contribution in [2.75, 3.05) is 0 Å². The maximum absolute atomic E-state index is 4.36. The third-order valence-corrected chi connectivity index (χ3v) is 5.34. The summed E-state index contributed by atoms with van der Waals surface area (Å²) in [6.07, 6.45) is 0. The minimum absolute atomic E-state index is 0.777. The molecule has 0 nitrogen and oxygen atoms in total. The third kappa shape index (κ3) is 1.95. The van der Waals surface area contributed by atoms with E-state index in [1.54, 1.807) is 0 Å². The molecule has 0 atom stereocenters. The minimum atomic E-state index is 0.777. The predicted octanol–water partition coefficient (Wildman–Crippen LogP) is 6.68. The van der Waals surface area contributed by atoms with E-state index in [0.717, 1.165) is 5.75 Å². The van der Waals surface area contributed by atoms with Crippen LogP contribution in [0.25, 0.3) is 43.4 Å². The molecule has 0 N–H and O–H groups in total. The fourth-order valence-electron chi connectivity index (χ4n) is 3.78. The fraction of sp³-hybridized carbons (Fsp3) is 0.0435. The van der Waals surface area contributed by atoms with E-state index in [4.69, 9.17) is 0 Å². The van der Waals surface area contributed by atoms with E-state index in [9.17, 15) is 0 Å². The molecule has 0 heterocycles. The minimum Gasteiger partial charge on any atom is -0.175 e. The molecule has 0 bridgehead atoms. The topological polar surface area (TPSA) is 0 Å². The summed E-state index contributed by atoms with van der Waals surface area (Å²) in [7, 11) is 0. The van der Waals surface area contributed by atoms with Gasteiger partial charge in [0.2, 0.25) is 0 Å². The van der Waals surface area contributed by atoms with Crippen LogP contribution in [0.1, 0.15) is 5.56 Å². The van der Waals surface area contributed by atoms with E-state index in [2.05, 4.69) is 91.5 Å². The zero-order valence-electron chi connectivity index (χ0n) is 13.2. The van der Waals surface area contributed by atoms with E-state index >= 15 is 0 Å². The summed E-state index contributed by atoms with van der Waals surface area (Å²) >= 11 is 4.36. The van der Waals surface area contributed by atoms with Crippen molar-refractivity contribution < 1.29 is 0 Å². The van der Waals surface area contributed by atoms with Gasteiger partial charge in [0.15, 0.2) is 0 Å². The molecule has 0 saturated heterocycles. The van der Waals surface area contributed by atoms with Crippen molar-refractivity contribution in [2.45, 2.75) is 5.75 Å². The van der Waals surface area contributed by atoms with Crippen LogP contribution in [0.15, 0.2) is 78.9 Å². The van der Waals surface area contributed by atoms with E-state index in [1.165, 1.54) is 49.0 Å². The zero-order valence-corrected chi connectivity index (χ0v) is 14.1. The second-order valence-corrected chi connectivity index (χ2v) is 6.64. The van der Waals surface area contributed by atoms with Crippen LogP contribution in [0.2, 0.25) is 0 Å². The lowest BCUT2D eigenvalue weighted by molar-refractivity contribution is 1.43. The second kappa shape index (κ2) is 5.25. The quantitative estimate of drug-likeness (QED) is 0.272. The molecule has 114 valence electrons. The van der Waals surface area contributed by atoms with Gasteiger partial charge in [-0.1, -0.05) is 78.9 Å². The van der Waals surface area contributed by atoms with Crippen molar-refractivity contribution in [3.05, 3.63) is 84.4 Å². The van der Waals surface area contributed by atoms with E-state index in [-0.39, 0.29) is 0 Å². The van der Waals surface area contributed by atoms with Gasteiger partial charge in [-0.25, -0.2) is 0 Å². The summed E-state index contributed by atoms with van der Waals surface area (Å²) < 4.78 is 0. The Kier molecular flexibility index (Phi) is 3.04. The van der Waals surface area contributed by atoms with Crippen molar-refractivity contribution >= 4 is 44.9 Å². The van der Waals surface area contributed by atoms with E-state index < -0.39 is 0 Å². The fourth-order valence-corrected chi connectivity index (χ4v) is 3.99. The predicted molar refractivity (Wildman–Crippen MR) is 108 cm³/mol. The molecule has 0 radical (unpaired) electrons. The summed E-state index contributed by atoms with van der Waals surface area (Å²) in [5, 5.41) is 8.02. The molecule has 0 aliphatic heterocycles. The molecule has 0 aliphatic rings. The molecule has 0 aromatic heterocycles. The molecule has 0 amide bonds. The smallest absolute Gasteiger partial charge is 0.0154 e. The van der Waals surface area contributed by atoms with Gasteiger partial charge in [0.25, 0.3) is 0 Å². The van der Waals surface area contributed by atoms with Crippen molar-refractivity contribution in [1.29, 1.82) is 0 Å². The van der Waals surface area contributed by atoms with Gasteiger partial charge in [-0.2, -0.15) is 12.6 Å². The maximum Gasteiger partial charge on any atom is 0.0154 e. The maximum atomic E-state index is 4.36. The van der Waals surface area contributed by atoms with Gasteiger partial charge in [-0.3, -0.25) is 0 Å². The van der Waals surface area contributed by atoms with Crippen LogP contribution in [0.4, 0.5) is 0 Å². The van der Waals surface area contributed by atoms with Gasteiger partial charge in [0, 0.05) is 5.75 Å². The monoisotopic (exact) mass is 324 g/mol. The molecule has 0 aliphatic carbocycles. The van der Waals surface area contributed by atoms with Crippen molar-refractivity contribution in [3.63, 3.8) is 0 Å². The van der Waals surface area contributed by atoms with Gasteiger partial charge in [-0.15, -0.1) is 0 Å². The summed E-state index contributed by atoms with van der Waals surface area (Å²) in [5.41, 5.74) is 3.81. The molecule has 0 saturated carbocycles. The van der Waals surface area contributed by atoms with Gasteiger partial charge in [0.05, 0.1) is 0 Å². The van der Waals surface area contributed by atoms with Crippen LogP contribution in [-0.2, 0) is 5.75 Å². The highest BCUT2D eigenvalue weighted by molar-refractivity contribution is 7.79. The highest BCUT2D eigenvalue weighted by Crippen LogP contribution is 2.39. The van der Waals surface area contributed by atoms with Gasteiger partial charge < -0.3 is 0 Å². The van der Waals surface area contributed by atoms with Crippen molar-refractivity contribution in [2.24, 2.45) is 0 Å². The Morgan fingerprint density at radius 2 is 1.21 bits per heavy atom. The molecule has 5 aromatic carbocycles. The number of thiol groups is 1. The Morgan fingerprint density at radius 3 is 1.92 bits per heavy atom. The summed E-state index contributed by atoms with van der Waals surface area (Å²) in [5.74, 6) is 0.777. The Bertz CT molecular complexity index is 1150. The molecule has 5 aromatic rings. The first-order valence-corrected chi connectivity index (χ1v) is 8.85. The largest absolute Gasteiger partial charge is 0.175 e. The Balaban J connectivity index is 1.89. The molecule has 5 rings (SSSR count). The zero-order chi connectivity index (χ0) is 16.1. The number of rotatable bonds is 2. The van der Waals surface area contributed by atoms with Crippen LogP contribution in [0, 0.1) is 0 Å². The first-order chi connectivity index (χ1) is 11.8. The molecular weight excluding hydrogens is 308 g/mol. The summed E-state index contributed by atoms with van der Waals surface area (Å²) in [6.45, 7) is 0. The van der Waals surface area contributed by atoms with Crippen LogP contribution in [0.3, 0.4) is 0 Å². The number of hydrogen-bond acceptors (Lipinski definition) is 1. The lowest BCUT2D eigenvalue weighted by Gasteiger charge is -2.14. The molecule has 0 spiro atoms. The highest BCUT2D eigenvalue weighted by atomic mass is 32.1. The average molecular weight is 324 g/mol. The molecule has 0 fully saturated rings. The third-order valence-electron chi connectivity index (χ3n) is 4.98. The molecule has 1 heteroatoms. The van der Waals surface area contributed by atoms with Gasteiger partial charge >= 0.3 is 0 Å².